The SMILES string of the molecule is CCCCCCCCC/C=C\CCCCCCCCCC(=O)OCCCCCCCCCCCCC/C=C\CCCCCCCCCC(=O)NC(CO)C(O)/C=C/CCCCCCCCCCCCCCCC. The van der Waals surface area contributed by atoms with E-state index >= 15 is 0 Å². The van der Waals surface area contributed by atoms with Gasteiger partial charge in [0.25, 0.3) is 0 Å². The number of hydrogen-bond acceptors (Lipinski definition) is 5. The summed E-state index contributed by atoms with van der Waals surface area (Å²) in [4.78, 5) is 24.6. The highest BCUT2D eigenvalue weighted by atomic mass is 16.5. The summed E-state index contributed by atoms with van der Waals surface area (Å²) in [6.07, 6.45) is 79.1. The summed E-state index contributed by atoms with van der Waals surface area (Å²) in [5.41, 5.74) is 0. The van der Waals surface area contributed by atoms with E-state index in [2.05, 4.69) is 43.5 Å². The molecule has 0 saturated carbocycles. The molecule has 73 heavy (non-hydrogen) atoms. The first-order valence-corrected chi connectivity index (χ1v) is 32.8. The molecule has 1 amide bonds. The van der Waals surface area contributed by atoms with Crippen LogP contribution in [0.2, 0.25) is 0 Å². The number of unbranched alkanes of at least 4 members (excludes halogenated alkanes) is 46. The van der Waals surface area contributed by atoms with E-state index in [0.29, 0.717) is 19.4 Å². The number of hydrogen-bond donors (Lipinski definition) is 3. The number of esters is 1. The van der Waals surface area contributed by atoms with Crippen molar-refractivity contribution >= 4 is 11.9 Å². The Balaban J connectivity index is 3.43. The molecule has 2 unspecified atom stereocenters. The highest BCUT2D eigenvalue weighted by molar-refractivity contribution is 5.76. The van der Waals surface area contributed by atoms with E-state index in [0.717, 1.165) is 51.4 Å². The maximum absolute atomic E-state index is 12.5. The van der Waals surface area contributed by atoms with E-state index in [-0.39, 0.29) is 18.5 Å². The quantitative estimate of drug-likeness (QED) is 0.0320. The highest BCUT2D eigenvalue weighted by Crippen LogP contribution is 2.17. The molecule has 0 heterocycles. The topological polar surface area (TPSA) is 95.9 Å². The Kier molecular flexibility index (Phi) is 61.0. The van der Waals surface area contributed by atoms with Crippen molar-refractivity contribution in [1.29, 1.82) is 0 Å². The third-order valence-corrected chi connectivity index (χ3v) is 15.1. The lowest BCUT2D eigenvalue weighted by atomic mass is 10.0. The van der Waals surface area contributed by atoms with Crippen LogP contribution in [-0.4, -0.2) is 47.4 Å². The molecule has 0 aliphatic heterocycles. The number of rotatable bonds is 61. The maximum atomic E-state index is 12.5. The fourth-order valence-corrected chi connectivity index (χ4v) is 10.1. The molecule has 0 radical (unpaired) electrons. The first-order valence-electron chi connectivity index (χ1n) is 32.8. The summed E-state index contributed by atoms with van der Waals surface area (Å²) >= 11 is 0. The standard InChI is InChI=1S/C67H127NO5/c1-3-5-7-9-11-13-15-17-19-21-29-33-37-41-45-49-53-57-61-67(72)73-62-58-54-50-46-42-38-34-30-27-25-23-22-24-26-28-32-36-40-44-48-52-56-60-66(71)68-64(63-69)65(70)59-55-51-47-43-39-35-31-20-18-16-14-12-10-8-6-4-2/h19,21,24,26,55,59,64-65,69-70H,3-18,20,22-23,25,27-54,56-58,60-63H2,1-2H3,(H,68,71)/b21-19-,26-24-,59-55+. The smallest absolute Gasteiger partial charge is 0.305 e. The molecule has 0 rings (SSSR count). The molecule has 0 aliphatic carbocycles. The molecule has 6 heteroatoms. The minimum Gasteiger partial charge on any atom is -0.466 e. The summed E-state index contributed by atoms with van der Waals surface area (Å²) < 4.78 is 5.50. The fourth-order valence-electron chi connectivity index (χ4n) is 10.1. The van der Waals surface area contributed by atoms with Gasteiger partial charge in [0, 0.05) is 12.8 Å². The predicted octanol–water partition coefficient (Wildman–Crippen LogP) is 20.8. The van der Waals surface area contributed by atoms with E-state index in [4.69, 9.17) is 4.74 Å². The van der Waals surface area contributed by atoms with Gasteiger partial charge in [-0.1, -0.05) is 294 Å². The van der Waals surface area contributed by atoms with Crippen LogP contribution in [-0.2, 0) is 14.3 Å². The lowest BCUT2D eigenvalue weighted by molar-refractivity contribution is -0.143. The molecule has 0 saturated heterocycles. The minimum atomic E-state index is -0.849. The Bertz CT molecular complexity index is 1180. The van der Waals surface area contributed by atoms with E-state index in [1.165, 1.54) is 276 Å². The second kappa shape index (κ2) is 62.6. The zero-order valence-electron chi connectivity index (χ0n) is 49.1. The molecule has 0 aliphatic rings. The summed E-state index contributed by atoms with van der Waals surface area (Å²) in [6, 6.07) is -0.633. The molecule has 0 bridgehead atoms. The number of amides is 1. The van der Waals surface area contributed by atoms with E-state index in [9.17, 15) is 19.8 Å². The molecule has 6 nitrogen and oxygen atoms in total. The number of ether oxygens (including phenoxy) is 1. The van der Waals surface area contributed by atoms with Crippen molar-refractivity contribution in [3.63, 3.8) is 0 Å². The van der Waals surface area contributed by atoms with Gasteiger partial charge in [-0.15, -0.1) is 0 Å². The van der Waals surface area contributed by atoms with Gasteiger partial charge in [0.05, 0.1) is 25.4 Å². The minimum absolute atomic E-state index is 0.00672. The highest BCUT2D eigenvalue weighted by Gasteiger charge is 2.18. The number of nitrogens with one attached hydrogen (secondary N) is 1. The Morgan fingerprint density at radius 1 is 0.370 bits per heavy atom. The first kappa shape index (κ1) is 71.1. The van der Waals surface area contributed by atoms with Crippen LogP contribution in [0.15, 0.2) is 36.5 Å². The summed E-state index contributed by atoms with van der Waals surface area (Å²) in [5, 5.41) is 23.1. The molecular formula is C67H127NO5. The van der Waals surface area contributed by atoms with Gasteiger partial charge in [0.15, 0.2) is 0 Å². The second-order valence-electron chi connectivity index (χ2n) is 22.4. The summed E-state index contributed by atoms with van der Waals surface area (Å²) in [5.74, 6) is -0.0667. The largest absolute Gasteiger partial charge is 0.466 e. The summed E-state index contributed by atoms with van der Waals surface area (Å²) in [6.45, 7) is 4.91. The third kappa shape index (κ3) is 59.2. The van der Waals surface area contributed by atoms with Gasteiger partial charge in [0.1, 0.15) is 0 Å². The van der Waals surface area contributed by atoms with Crippen LogP contribution in [0, 0.1) is 0 Å². The van der Waals surface area contributed by atoms with Crippen LogP contribution < -0.4 is 5.32 Å². The van der Waals surface area contributed by atoms with Crippen molar-refractivity contribution in [1.82, 2.24) is 5.32 Å². The number of carbonyl (C=O) groups excluding carboxylic acids is 2. The van der Waals surface area contributed by atoms with E-state index < -0.39 is 12.1 Å². The monoisotopic (exact) mass is 1030 g/mol. The Morgan fingerprint density at radius 2 is 0.644 bits per heavy atom. The first-order chi connectivity index (χ1) is 36.0. The van der Waals surface area contributed by atoms with Crippen LogP contribution in [0.1, 0.15) is 354 Å². The van der Waals surface area contributed by atoms with Gasteiger partial charge in [-0.2, -0.15) is 0 Å². The number of allylic oxidation sites excluding steroid dienone is 5. The maximum Gasteiger partial charge on any atom is 0.305 e. The lowest BCUT2D eigenvalue weighted by Crippen LogP contribution is -2.45. The number of carbonyl (C=O) groups is 2. The van der Waals surface area contributed by atoms with Crippen molar-refractivity contribution < 1.29 is 24.5 Å². The summed E-state index contributed by atoms with van der Waals surface area (Å²) in [7, 11) is 0. The van der Waals surface area contributed by atoms with E-state index in [1.807, 2.05) is 6.08 Å². The molecule has 0 aromatic rings. The van der Waals surface area contributed by atoms with Gasteiger partial charge in [-0.3, -0.25) is 9.59 Å². The number of aliphatic hydroxyl groups is 2. The van der Waals surface area contributed by atoms with Crippen molar-refractivity contribution in [2.45, 2.75) is 366 Å². The van der Waals surface area contributed by atoms with Crippen molar-refractivity contribution in [3.8, 4) is 0 Å². The zero-order chi connectivity index (χ0) is 52.9. The van der Waals surface area contributed by atoms with Gasteiger partial charge < -0.3 is 20.3 Å². The molecule has 0 aromatic heterocycles. The molecule has 2 atom stereocenters. The van der Waals surface area contributed by atoms with Gasteiger partial charge >= 0.3 is 5.97 Å². The van der Waals surface area contributed by atoms with Crippen LogP contribution in [0.3, 0.4) is 0 Å². The molecule has 0 fully saturated rings. The average Bonchev–Trinajstić information content (AvgIpc) is 3.39. The molecule has 3 N–H and O–H groups in total. The Hall–Kier alpha value is -1.92. The van der Waals surface area contributed by atoms with Crippen LogP contribution in [0.5, 0.6) is 0 Å². The predicted molar refractivity (Wildman–Crippen MR) is 319 cm³/mol. The van der Waals surface area contributed by atoms with E-state index in [1.54, 1.807) is 6.08 Å². The lowest BCUT2D eigenvalue weighted by Gasteiger charge is -2.20. The molecule has 0 aromatic carbocycles. The zero-order valence-corrected chi connectivity index (χ0v) is 49.1. The van der Waals surface area contributed by atoms with Gasteiger partial charge in [-0.05, 0) is 83.5 Å². The van der Waals surface area contributed by atoms with Crippen molar-refractivity contribution in [2.75, 3.05) is 13.2 Å². The average molecular weight is 1030 g/mol. The van der Waals surface area contributed by atoms with Gasteiger partial charge in [-0.25, -0.2) is 0 Å². The van der Waals surface area contributed by atoms with Crippen molar-refractivity contribution in [2.24, 2.45) is 0 Å². The fraction of sp³-hybridized carbons (Fsp3) is 0.881. The molecular weight excluding hydrogens is 899 g/mol. The number of aliphatic hydroxyl groups excluding tert-OH is 2. The van der Waals surface area contributed by atoms with Crippen LogP contribution in [0.25, 0.3) is 0 Å². The molecule has 430 valence electrons. The second-order valence-corrected chi connectivity index (χ2v) is 22.4. The normalized spacial score (nSPS) is 12.8. The molecule has 0 spiro atoms. The van der Waals surface area contributed by atoms with Crippen molar-refractivity contribution in [3.05, 3.63) is 36.5 Å². The van der Waals surface area contributed by atoms with Crippen LogP contribution >= 0.6 is 0 Å². The third-order valence-electron chi connectivity index (χ3n) is 15.1. The van der Waals surface area contributed by atoms with Gasteiger partial charge in [0.2, 0.25) is 5.91 Å². The van der Waals surface area contributed by atoms with Crippen LogP contribution in [0.4, 0.5) is 0 Å². The Morgan fingerprint density at radius 3 is 0.973 bits per heavy atom. The Labute approximate surface area is 455 Å².